The van der Waals surface area contributed by atoms with Gasteiger partial charge in [-0.15, -0.1) is 0 Å². The number of nitrogens with zero attached hydrogens (tertiary/aromatic N) is 2. The standard InChI is InChI=1S/C18H18F2N6O/c1-8(2)25-18(27)10-6-23-17-16(10)26-12(7-24-17)14(21)9-4-5-11(19)13(20)15(9)22-3/h4-8,21-22H,1-3H3,(H,23,24)(H,25,27). The third-order valence-electron chi connectivity index (χ3n) is 3.92. The molecule has 27 heavy (non-hydrogen) atoms. The Bertz CT molecular complexity index is 1040. The van der Waals surface area contributed by atoms with E-state index in [9.17, 15) is 13.6 Å². The number of amides is 1. The van der Waals surface area contributed by atoms with Crippen molar-refractivity contribution < 1.29 is 13.6 Å². The summed E-state index contributed by atoms with van der Waals surface area (Å²) in [6.45, 7) is 3.67. The van der Waals surface area contributed by atoms with E-state index in [0.717, 1.165) is 6.07 Å². The largest absolute Gasteiger partial charge is 0.385 e. The van der Waals surface area contributed by atoms with E-state index in [1.165, 1.54) is 25.5 Å². The van der Waals surface area contributed by atoms with Gasteiger partial charge in [-0.3, -0.25) is 10.2 Å². The molecule has 4 N–H and O–H groups in total. The summed E-state index contributed by atoms with van der Waals surface area (Å²) >= 11 is 0. The first kappa shape index (κ1) is 18.4. The van der Waals surface area contributed by atoms with Crippen molar-refractivity contribution in [3.8, 4) is 0 Å². The molecule has 0 aliphatic heterocycles. The number of carbonyl (C=O) groups excluding carboxylic acids is 1. The number of anilines is 1. The number of hydrogen-bond donors (Lipinski definition) is 4. The molecule has 1 amide bonds. The van der Waals surface area contributed by atoms with Crippen molar-refractivity contribution in [2.75, 3.05) is 12.4 Å². The van der Waals surface area contributed by atoms with Gasteiger partial charge in [0.2, 0.25) is 0 Å². The van der Waals surface area contributed by atoms with Crippen LogP contribution >= 0.6 is 0 Å². The summed E-state index contributed by atoms with van der Waals surface area (Å²) in [6.07, 6.45) is 2.83. The average molecular weight is 372 g/mol. The maximum Gasteiger partial charge on any atom is 0.255 e. The molecule has 7 nitrogen and oxygen atoms in total. The van der Waals surface area contributed by atoms with Crippen LogP contribution in [0.25, 0.3) is 11.2 Å². The average Bonchev–Trinajstić information content (AvgIpc) is 3.06. The van der Waals surface area contributed by atoms with Crippen molar-refractivity contribution in [3.05, 3.63) is 53.0 Å². The lowest BCUT2D eigenvalue weighted by molar-refractivity contribution is 0.0944. The number of H-pyrrole nitrogens is 1. The van der Waals surface area contributed by atoms with Crippen LogP contribution in [0.3, 0.4) is 0 Å². The Balaban J connectivity index is 2.06. The first-order chi connectivity index (χ1) is 12.8. The second-order valence-corrected chi connectivity index (χ2v) is 6.19. The van der Waals surface area contributed by atoms with Crippen LogP contribution in [-0.4, -0.2) is 39.7 Å². The van der Waals surface area contributed by atoms with Crippen LogP contribution in [-0.2, 0) is 0 Å². The molecular weight excluding hydrogens is 354 g/mol. The lowest BCUT2D eigenvalue weighted by Crippen LogP contribution is -2.30. The van der Waals surface area contributed by atoms with Crippen LogP contribution < -0.4 is 10.6 Å². The molecule has 0 unspecified atom stereocenters. The zero-order valence-electron chi connectivity index (χ0n) is 14.9. The molecule has 0 aliphatic rings. The normalized spacial score (nSPS) is 11.0. The molecule has 0 saturated carbocycles. The first-order valence-corrected chi connectivity index (χ1v) is 8.23. The van der Waals surface area contributed by atoms with Gasteiger partial charge in [-0.1, -0.05) is 0 Å². The fourth-order valence-electron chi connectivity index (χ4n) is 2.67. The Morgan fingerprint density at radius 3 is 2.67 bits per heavy atom. The summed E-state index contributed by atoms with van der Waals surface area (Å²) in [7, 11) is 1.43. The number of benzene rings is 1. The van der Waals surface area contributed by atoms with E-state index < -0.39 is 11.6 Å². The van der Waals surface area contributed by atoms with Crippen LogP contribution in [0.5, 0.6) is 0 Å². The molecule has 140 valence electrons. The van der Waals surface area contributed by atoms with E-state index in [2.05, 4.69) is 25.6 Å². The quantitative estimate of drug-likeness (QED) is 0.517. The highest BCUT2D eigenvalue weighted by molar-refractivity contribution is 6.14. The van der Waals surface area contributed by atoms with Gasteiger partial charge in [-0.05, 0) is 26.0 Å². The molecule has 3 aromatic rings. The summed E-state index contributed by atoms with van der Waals surface area (Å²) < 4.78 is 27.5. The van der Waals surface area contributed by atoms with Crippen molar-refractivity contribution in [2.24, 2.45) is 0 Å². The van der Waals surface area contributed by atoms with Crippen molar-refractivity contribution in [1.29, 1.82) is 5.41 Å². The summed E-state index contributed by atoms with van der Waals surface area (Å²) in [5.74, 6) is -2.42. The Labute approximate surface area is 153 Å². The molecular formula is C18H18F2N6O. The highest BCUT2D eigenvalue weighted by Gasteiger charge is 2.20. The summed E-state index contributed by atoms with van der Waals surface area (Å²) in [5, 5.41) is 13.7. The third kappa shape index (κ3) is 3.35. The van der Waals surface area contributed by atoms with Crippen molar-refractivity contribution in [3.63, 3.8) is 0 Å². The molecule has 1 aromatic carbocycles. The molecule has 0 saturated heterocycles. The van der Waals surface area contributed by atoms with Gasteiger partial charge < -0.3 is 15.6 Å². The minimum atomic E-state index is -1.08. The number of hydrogen-bond acceptors (Lipinski definition) is 5. The zero-order chi connectivity index (χ0) is 19.7. The topological polar surface area (TPSA) is 107 Å². The molecule has 0 spiro atoms. The lowest BCUT2D eigenvalue weighted by atomic mass is 10.0. The maximum absolute atomic E-state index is 14.0. The van der Waals surface area contributed by atoms with Gasteiger partial charge in [-0.25, -0.2) is 18.7 Å². The van der Waals surface area contributed by atoms with Crippen molar-refractivity contribution in [2.45, 2.75) is 19.9 Å². The number of aromatic nitrogens is 3. The summed E-state index contributed by atoms with van der Waals surface area (Å²) in [6, 6.07) is 2.18. The Morgan fingerprint density at radius 1 is 1.26 bits per heavy atom. The zero-order valence-corrected chi connectivity index (χ0v) is 14.9. The number of halogens is 2. The Morgan fingerprint density at radius 2 is 2.00 bits per heavy atom. The van der Waals surface area contributed by atoms with E-state index in [-0.39, 0.29) is 34.6 Å². The lowest BCUT2D eigenvalue weighted by Gasteiger charge is -2.12. The van der Waals surface area contributed by atoms with Gasteiger partial charge in [0, 0.05) is 24.8 Å². The van der Waals surface area contributed by atoms with E-state index >= 15 is 0 Å². The first-order valence-electron chi connectivity index (χ1n) is 8.23. The van der Waals surface area contributed by atoms with Crippen molar-refractivity contribution in [1.82, 2.24) is 20.3 Å². The van der Waals surface area contributed by atoms with E-state index in [1.54, 1.807) is 0 Å². The number of carbonyl (C=O) groups is 1. The van der Waals surface area contributed by atoms with Crippen LogP contribution in [0.2, 0.25) is 0 Å². The van der Waals surface area contributed by atoms with E-state index in [1.807, 2.05) is 13.8 Å². The predicted octanol–water partition coefficient (Wildman–Crippen LogP) is 2.83. The molecule has 0 fully saturated rings. The second-order valence-electron chi connectivity index (χ2n) is 6.19. The molecule has 2 heterocycles. The van der Waals surface area contributed by atoms with Crippen molar-refractivity contribution >= 4 is 28.5 Å². The number of nitrogens with one attached hydrogen (secondary N) is 4. The second kappa shape index (κ2) is 7.10. The monoisotopic (exact) mass is 372 g/mol. The highest BCUT2D eigenvalue weighted by Crippen LogP contribution is 2.25. The minimum absolute atomic E-state index is 0.0581. The van der Waals surface area contributed by atoms with Crippen LogP contribution in [0.1, 0.15) is 35.5 Å². The number of rotatable bonds is 5. The van der Waals surface area contributed by atoms with Gasteiger partial charge in [0.05, 0.1) is 23.2 Å². The SMILES string of the molecule is CNc1c(C(=N)c2cnc3[nH]cc(C(=O)NC(C)C)c3n2)ccc(F)c1F. The van der Waals surface area contributed by atoms with Gasteiger partial charge in [-0.2, -0.15) is 0 Å². The van der Waals surface area contributed by atoms with Gasteiger partial charge in [0.15, 0.2) is 17.3 Å². The minimum Gasteiger partial charge on any atom is -0.385 e. The third-order valence-corrected chi connectivity index (χ3v) is 3.92. The van der Waals surface area contributed by atoms with Gasteiger partial charge in [0.1, 0.15) is 11.2 Å². The van der Waals surface area contributed by atoms with Gasteiger partial charge in [0.25, 0.3) is 5.91 Å². The molecule has 0 bridgehead atoms. The summed E-state index contributed by atoms with van der Waals surface area (Å²) in [5.41, 5.74) is 0.943. The molecule has 9 heteroatoms. The molecule has 2 aromatic heterocycles. The predicted molar refractivity (Wildman–Crippen MR) is 98.3 cm³/mol. The fraction of sp³-hybridized carbons (Fsp3) is 0.222. The number of aromatic amines is 1. The Hall–Kier alpha value is -3.36. The fourth-order valence-corrected chi connectivity index (χ4v) is 2.67. The smallest absolute Gasteiger partial charge is 0.255 e. The number of fused-ring (bicyclic) bond motifs is 1. The van der Waals surface area contributed by atoms with Crippen LogP contribution in [0.15, 0.2) is 24.5 Å². The Kier molecular flexibility index (Phi) is 4.85. The van der Waals surface area contributed by atoms with E-state index in [0.29, 0.717) is 16.7 Å². The molecule has 3 rings (SSSR count). The van der Waals surface area contributed by atoms with Gasteiger partial charge >= 0.3 is 0 Å². The summed E-state index contributed by atoms with van der Waals surface area (Å²) in [4.78, 5) is 23.7. The highest BCUT2D eigenvalue weighted by atomic mass is 19.2. The van der Waals surface area contributed by atoms with Crippen LogP contribution in [0, 0.1) is 17.0 Å². The van der Waals surface area contributed by atoms with Crippen LogP contribution in [0.4, 0.5) is 14.5 Å². The van der Waals surface area contributed by atoms with E-state index in [4.69, 9.17) is 5.41 Å². The molecule has 0 aliphatic carbocycles. The maximum atomic E-state index is 14.0. The molecule has 0 radical (unpaired) electrons. The molecule has 0 atom stereocenters.